The monoisotopic (exact) mass is 414 g/mol. The van der Waals surface area contributed by atoms with Gasteiger partial charge in [-0.25, -0.2) is 13.6 Å². The quantitative estimate of drug-likeness (QED) is 0.509. The maximum Gasteiger partial charge on any atom is 0.330 e. The zero-order valence-corrected chi connectivity index (χ0v) is 16.4. The van der Waals surface area contributed by atoms with E-state index in [4.69, 9.17) is 0 Å². The summed E-state index contributed by atoms with van der Waals surface area (Å²) < 4.78 is 52.9. The minimum absolute atomic E-state index is 0.370. The van der Waals surface area contributed by atoms with Crippen molar-refractivity contribution in [3.05, 3.63) is 58.7 Å². The first kappa shape index (κ1) is 21.7. The second kappa shape index (κ2) is 8.64. The van der Waals surface area contributed by atoms with Gasteiger partial charge < -0.3 is 0 Å². The van der Waals surface area contributed by atoms with Crippen LogP contribution in [-0.4, -0.2) is 36.7 Å². The Labute approximate surface area is 164 Å². The van der Waals surface area contributed by atoms with E-state index in [1.165, 1.54) is 19.2 Å². The Bertz CT molecular complexity index is 901. The molecule has 0 aromatic heterocycles. The maximum atomic E-state index is 13.8. The van der Waals surface area contributed by atoms with Crippen LogP contribution in [0.5, 0.6) is 0 Å². The zero-order valence-electron chi connectivity index (χ0n) is 15.6. The minimum Gasteiger partial charge on any atom is -0.297 e. The van der Waals surface area contributed by atoms with E-state index in [9.17, 15) is 27.2 Å². The summed E-state index contributed by atoms with van der Waals surface area (Å²) >= 11 is 0.395. The van der Waals surface area contributed by atoms with E-state index < -0.39 is 34.9 Å². The molecular weight excluding hydrogens is 396 g/mol. The normalized spacial score (nSPS) is 10.9. The van der Waals surface area contributed by atoms with Crippen molar-refractivity contribution in [1.29, 1.82) is 0 Å². The molecule has 28 heavy (non-hydrogen) atoms. The Morgan fingerprint density at radius 3 is 2.07 bits per heavy atom. The number of imide groups is 1. The second-order valence-electron chi connectivity index (χ2n) is 6.01. The fraction of sp³-hybridized carbons (Fsp3) is 0.263. The van der Waals surface area contributed by atoms with Crippen LogP contribution < -0.4 is 4.90 Å². The largest absolute Gasteiger partial charge is 0.330 e. The lowest BCUT2D eigenvalue weighted by atomic mass is 10.1. The Morgan fingerprint density at radius 2 is 1.54 bits per heavy atom. The summed E-state index contributed by atoms with van der Waals surface area (Å²) in [6.45, 7) is 3.30. The van der Waals surface area contributed by atoms with Crippen LogP contribution in [0.4, 0.5) is 28.0 Å². The topological polar surface area (TPSA) is 40.6 Å². The highest BCUT2D eigenvalue weighted by Crippen LogP contribution is 2.34. The van der Waals surface area contributed by atoms with Crippen molar-refractivity contribution in [2.24, 2.45) is 0 Å². The molecule has 0 aliphatic heterocycles. The summed E-state index contributed by atoms with van der Waals surface area (Å²) in [6.07, 6.45) is 0. The Balaban J connectivity index is 2.31. The highest BCUT2D eigenvalue weighted by molar-refractivity contribution is 7.99. The van der Waals surface area contributed by atoms with E-state index in [0.29, 0.717) is 38.4 Å². The third-order valence-corrected chi connectivity index (χ3v) is 5.22. The third kappa shape index (κ3) is 4.30. The number of carbonyl (C=O) groups is 2. The van der Waals surface area contributed by atoms with Gasteiger partial charge in [-0.2, -0.15) is 8.78 Å². The molecule has 0 atom stereocenters. The average molecular weight is 414 g/mol. The van der Waals surface area contributed by atoms with Crippen molar-refractivity contribution in [1.82, 2.24) is 4.90 Å². The van der Waals surface area contributed by atoms with Crippen LogP contribution >= 0.6 is 11.8 Å². The molecule has 0 heterocycles. The number of alkyl halides is 2. The number of urea groups is 1. The Hall–Kier alpha value is -2.55. The van der Waals surface area contributed by atoms with Gasteiger partial charge in [0.1, 0.15) is 17.2 Å². The molecule has 150 valence electrons. The average Bonchev–Trinajstić information content (AvgIpc) is 2.63. The Morgan fingerprint density at radius 1 is 0.964 bits per heavy atom. The molecule has 0 spiro atoms. The molecule has 0 saturated carbocycles. The molecule has 9 heteroatoms. The van der Waals surface area contributed by atoms with Gasteiger partial charge in [-0.1, -0.05) is 17.8 Å². The summed E-state index contributed by atoms with van der Waals surface area (Å²) in [5, 5.41) is 0. The number of anilines is 1. The number of thioether (sulfide) groups is 1. The summed E-state index contributed by atoms with van der Waals surface area (Å²) in [4.78, 5) is 27.2. The summed E-state index contributed by atoms with van der Waals surface area (Å²) in [6, 6.07) is 5.06. The van der Waals surface area contributed by atoms with Crippen molar-refractivity contribution < 1.29 is 27.2 Å². The van der Waals surface area contributed by atoms with Gasteiger partial charge in [-0.05, 0) is 49.2 Å². The molecule has 2 aromatic rings. The van der Waals surface area contributed by atoms with E-state index in [-0.39, 0.29) is 0 Å². The SMILES string of the molecule is Cc1c(SC(F)F)ccc(N(C)C(=O)N(C)C(=O)c2c(F)cccc2F)c1C. The highest BCUT2D eigenvalue weighted by Gasteiger charge is 2.28. The van der Waals surface area contributed by atoms with Gasteiger partial charge in [0.05, 0.1) is 0 Å². The molecule has 0 aliphatic rings. The lowest BCUT2D eigenvalue weighted by Crippen LogP contribution is -2.43. The van der Waals surface area contributed by atoms with E-state index in [1.807, 2.05) is 0 Å². The second-order valence-corrected chi connectivity index (χ2v) is 7.05. The number of rotatable bonds is 4. The number of nitrogens with zero attached hydrogens (tertiary/aromatic N) is 2. The van der Waals surface area contributed by atoms with Gasteiger partial charge >= 0.3 is 6.03 Å². The number of hydrogen-bond donors (Lipinski definition) is 0. The lowest BCUT2D eigenvalue weighted by Gasteiger charge is -2.26. The molecule has 0 fully saturated rings. The van der Waals surface area contributed by atoms with Crippen LogP contribution in [0.1, 0.15) is 21.5 Å². The first-order chi connectivity index (χ1) is 13.1. The number of carbonyl (C=O) groups excluding carboxylic acids is 2. The van der Waals surface area contributed by atoms with Crippen LogP contribution in [0.15, 0.2) is 35.2 Å². The van der Waals surface area contributed by atoms with Gasteiger partial charge in [-0.15, -0.1) is 0 Å². The van der Waals surface area contributed by atoms with Crippen LogP contribution in [0.25, 0.3) is 0 Å². The van der Waals surface area contributed by atoms with E-state index in [1.54, 1.807) is 13.8 Å². The van der Waals surface area contributed by atoms with Crippen LogP contribution in [0.2, 0.25) is 0 Å². The van der Waals surface area contributed by atoms with Crippen molar-refractivity contribution in [3.63, 3.8) is 0 Å². The zero-order chi connectivity index (χ0) is 21.2. The number of benzene rings is 2. The third-order valence-electron chi connectivity index (χ3n) is 4.34. The predicted molar refractivity (Wildman–Crippen MR) is 100 cm³/mol. The number of amides is 3. The molecular formula is C19H18F4N2O2S. The lowest BCUT2D eigenvalue weighted by molar-refractivity contribution is 0.0827. The number of halogens is 4. The molecule has 3 amide bonds. The first-order valence-electron chi connectivity index (χ1n) is 8.11. The van der Waals surface area contributed by atoms with Gasteiger partial charge in [0.25, 0.3) is 11.7 Å². The molecule has 0 bridgehead atoms. The first-order valence-corrected chi connectivity index (χ1v) is 8.99. The van der Waals surface area contributed by atoms with Gasteiger partial charge in [0, 0.05) is 24.7 Å². The standard InChI is InChI=1S/C19H18F4N2O2S/c1-10-11(2)15(28-18(22)23)9-8-14(10)24(3)19(27)25(4)17(26)16-12(20)6-5-7-13(16)21/h5-9,18H,1-4H3. The predicted octanol–water partition coefficient (Wildman–Crippen LogP) is 5.22. The van der Waals surface area contributed by atoms with Gasteiger partial charge in [-0.3, -0.25) is 14.6 Å². The Kier molecular flexibility index (Phi) is 6.71. The van der Waals surface area contributed by atoms with Crippen molar-refractivity contribution in [2.45, 2.75) is 24.5 Å². The fourth-order valence-corrected chi connectivity index (χ4v) is 3.32. The maximum absolute atomic E-state index is 13.8. The van der Waals surface area contributed by atoms with E-state index >= 15 is 0 Å². The van der Waals surface area contributed by atoms with Crippen LogP contribution in [0.3, 0.4) is 0 Å². The van der Waals surface area contributed by atoms with Crippen LogP contribution in [-0.2, 0) is 0 Å². The molecule has 0 N–H and O–H groups in total. The highest BCUT2D eigenvalue weighted by atomic mass is 32.2. The molecule has 4 nitrogen and oxygen atoms in total. The molecule has 0 aliphatic carbocycles. The summed E-state index contributed by atoms with van der Waals surface area (Å²) in [5.74, 6) is -5.87. The van der Waals surface area contributed by atoms with E-state index in [2.05, 4.69) is 0 Å². The van der Waals surface area contributed by atoms with Crippen molar-refractivity contribution in [2.75, 3.05) is 19.0 Å². The van der Waals surface area contributed by atoms with E-state index in [0.717, 1.165) is 30.1 Å². The fourth-order valence-electron chi connectivity index (χ4n) is 2.65. The molecule has 0 radical (unpaired) electrons. The van der Waals surface area contributed by atoms with Gasteiger partial charge in [0.15, 0.2) is 0 Å². The van der Waals surface area contributed by atoms with Crippen molar-refractivity contribution >= 4 is 29.4 Å². The summed E-state index contributed by atoms with van der Waals surface area (Å²) in [5.41, 5.74) is 0.689. The van der Waals surface area contributed by atoms with Gasteiger partial charge in [0.2, 0.25) is 0 Å². The molecule has 2 aromatic carbocycles. The minimum atomic E-state index is -2.58. The van der Waals surface area contributed by atoms with Crippen LogP contribution in [0, 0.1) is 25.5 Å². The van der Waals surface area contributed by atoms with Crippen molar-refractivity contribution in [3.8, 4) is 0 Å². The molecule has 0 unspecified atom stereocenters. The summed E-state index contributed by atoms with van der Waals surface area (Å²) in [7, 11) is 2.49. The molecule has 2 rings (SSSR count). The smallest absolute Gasteiger partial charge is 0.297 e. The number of hydrogen-bond acceptors (Lipinski definition) is 3. The molecule has 0 saturated heterocycles.